The van der Waals surface area contributed by atoms with Gasteiger partial charge in [-0.3, -0.25) is 0 Å². The van der Waals surface area contributed by atoms with E-state index in [0.29, 0.717) is 11.5 Å². The highest BCUT2D eigenvalue weighted by Crippen LogP contribution is 2.29. The summed E-state index contributed by atoms with van der Waals surface area (Å²) in [7, 11) is 1.34. The number of carbonyl (C=O) groups is 1. The number of carbonyl (C=O) groups excluding carboxylic acids is 1. The van der Waals surface area contributed by atoms with Gasteiger partial charge in [0.1, 0.15) is 5.82 Å². The molecular weight excluding hydrogens is 230 g/mol. The molecule has 0 radical (unpaired) electrons. The van der Waals surface area contributed by atoms with Gasteiger partial charge in [-0.1, -0.05) is 19.3 Å². The summed E-state index contributed by atoms with van der Waals surface area (Å²) in [5.41, 5.74) is 6.65. The Hall–Kier alpha value is -1.78. The topological polar surface area (TPSA) is 77.2 Å². The van der Waals surface area contributed by atoms with Gasteiger partial charge in [0.05, 0.1) is 12.8 Å². The van der Waals surface area contributed by atoms with Crippen LogP contribution in [0.1, 0.15) is 36.2 Å². The molecule has 0 atom stereocenters. The van der Waals surface area contributed by atoms with Crippen LogP contribution < -0.4 is 11.1 Å². The Labute approximate surface area is 107 Å². The molecule has 2 rings (SSSR count). The smallest absolute Gasteiger partial charge is 0.356 e. The van der Waals surface area contributed by atoms with Gasteiger partial charge in [0.2, 0.25) is 0 Å². The second-order valence-electron chi connectivity index (χ2n) is 4.64. The first-order valence-corrected chi connectivity index (χ1v) is 6.29. The minimum absolute atomic E-state index is 0.276. The van der Waals surface area contributed by atoms with E-state index in [2.05, 4.69) is 15.0 Å². The Kier molecular flexibility index (Phi) is 4.02. The molecule has 1 saturated carbocycles. The molecule has 0 unspecified atom stereocenters. The standard InChI is InChI=1S/C13H19N3O2/c1-18-13(17)11-6-5-10(14)12(16-11)15-8-7-9-3-2-4-9/h5-6,9H,2-4,7-8,14H2,1H3,(H,15,16). The summed E-state index contributed by atoms with van der Waals surface area (Å²) in [6.45, 7) is 0.840. The van der Waals surface area contributed by atoms with E-state index < -0.39 is 5.97 Å². The van der Waals surface area contributed by atoms with Gasteiger partial charge in [-0.2, -0.15) is 0 Å². The predicted octanol–water partition coefficient (Wildman–Crippen LogP) is 2.05. The monoisotopic (exact) mass is 249 g/mol. The summed E-state index contributed by atoms with van der Waals surface area (Å²) in [6, 6.07) is 3.24. The van der Waals surface area contributed by atoms with Gasteiger partial charge < -0.3 is 15.8 Å². The molecule has 98 valence electrons. The Bertz CT molecular complexity index is 430. The van der Waals surface area contributed by atoms with Crippen LogP contribution in [0.3, 0.4) is 0 Å². The average Bonchev–Trinajstić information content (AvgIpc) is 2.33. The summed E-state index contributed by atoms with van der Waals surface area (Å²) < 4.78 is 4.63. The van der Waals surface area contributed by atoms with E-state index in [9.17, 15) is 4.79 Å². The van der Waals surface area contributed by atoms with Crippen LogP contribution in [0.5, 0.6) is 0 Å². The van der Waals surface area contributed by atoms with Crippen LogP contribution in [0, 0.1) is 5.92 Å². The van der Waals surface area contributed by atoms with Crippen LogP contribution in [0.4, 0.5) is 11.5 Å². The minimum Gasteiger partial charge on any atom is -0.464 e. The zero-order valence-corrected chi connectivity index (χ0v) is 10.6. The second kappa shape index (κ2) is 5.71. The van der Waals surface area contributed by atoms with Crippen molar-refractivity contribution in [3.05, 3.63) is 17.8 Å². The number of pyridine rings is 1. The number of nitrogens with two attached hydrogens (primary N) is 1. The van der Waals surface area contributed by atoms with Crippen LogP contribution in [0.15, 0.2) is 12.1 Å². The maximum Gasteiger partial charge on any atom is 0.356 e. The van der Waals surface area contributed by atoms with E-state index in [4.69, 9.17) is 5.73 Å². The highest BCUT2D eigenvalue weighted by molar-refractivity contribution is 5.88. The fraction of sp³-hybridized carbons (Fsp3) is 0.538. The number of anilines is 2. The SMILES string of the molecule is COC(=O)c1ccc(N)c(NCCC2CCC2)n1. The van der Waals surface area contributed by atoms with E-state index in [1.807, 2.05) is 0 Å². The largest absolute Gasteiger partial charge is 0.464 e. The van der Waals surface area contributed by atoms with Gasteiger partial charge in [0.25, 0.3) is 0 Å². The van der Waals surface area contributed by atoms with Crippen molar-refractivity contribution >= 4 is 17.5 Å². The van der Waals surface area contributed by atoms with E-state index in [-0.39, 0.29) is 5.69 Å². The molecule has 0 saturated heterocycles. The number of ether oxygens (including phenoxy) is 1. The van der Waals surface area contributed by atoms with Crippen LogP contribution >= 0.6 is 0 Å². The van der Waals surface area contributed by atoms with Crippen LogP contribution in [-0.4, -0.2) is 24.6 Å². The summed E-state index contributed by atoms with van der Waals surface area (Å²) in [4.78, 5) is 15.5. The van der Waals surface area contributed by atoms with Gasteiger partial charge in [-0.15, -0.1) is 0 Å². The third-order valence-electron chi connectivity index (χ3n) is 3.39. The van der Waals surface area contributed by atoms with Crippen LogP contribution in [-0.2, 0) is 4.74 Å². The lowest BCUT2D eigenvalue weighted by molar-refractivity contribution is 0.0594. The number of esters is 1. The molecule has 5 nitrogen and oxygen atoms in total. The zero-order valence-electron chi connectivity index (χ0n) is 10.6. The van der Waals surface area contributed by atoms with Gasteiger partial charge in [-0.05, 0) is 24.5 Å². The van der Waals surface area contributed by atoms with E-state index in [0.717, 1.165) is 18.9 Å². The van der Waals surface area contributed by atoms with Gasteiger partial charge >= 0.3 is 5.97 Å². The van der Waals surface area contributed by atoms with Crippen molar-refractivity contribution in [3.63, 3.8) is 0 Å². The molecule has 1 aliphatic carbocycles. The molecule has 0 aliphatic heterocycles. The molecule has 1 aromatic heterocycles. The third kappa shape index (κ3) is 2.91. The number of hydrogen-bond acceptors (Lipinski definition) is 5. The highest BCUT2D eigenvalue weighted by Gasteiger charge is 2.17. The van der Waals surface area contributed by atoms with Gasteiger partial charge in [0.15, 0.2) is 5.69 Å². The van der Waals surface area contributed by atoms with Gasteiger partial charge in [-0.25, -0.2) is 9.78 Å². The lowest BCUT2D eigenvalue weighted by Gasteiger charge is -2.25. The minimum atomic E-state index is -0.447. The summed E-state index contributed by atoms with van der Waals surface area (Å²) >= 11 is 0. The van der Waals surface area contributed by atoms with Crippen molar-refractivity contribution in [2.24, 2.45) is 5.92 Å². The number of rotatable bonds is 5. The zero-order chi connectivity index (χ0) is 13.0. The highest BCUT2D eigenvalue weighted by atomic mass is 16.5. The van der Waals surface area contributed by atoms with Crippen LogP contribution in [0.25, 0.3) is 0 Å². The van der Waals surface area contributed by atoms with E-state index >= 15 is 0 Å². The predicted molar refractivity (Wildman–Crippen MR) is 70.4 cm³/mol. The van der Waals surface area contributed by atoms with Crippen molar-refractivity contribution in [3.8, 4) is 0 Å². The quantitative estimate of drug-likeness (QED) is 0.781. The van der Waals surface area contributed by atoms with E-state index in [1.54, 1.807) is 12.1 Å². The van der Waals surface area contributed by atoms with Crippen LogP contribution in [0.2, 0.25) is 0 Å². The Balaban J connectivity index is 1.94. The first kappa shape index (κ1) is 12.7. The number of methoxy groups -OCH3 is 1. The summed E-state index contributed by atoms with van der Waals surface area (Å²) in [5, 5.41) is 3.19. The number of nitrogens with zero attached hydrogens (tertiary/aromatic N) is 1. The third-order valence-corrected chi connectivity index (χ3v) is 3.39. The fourth-order valence-corrected chi connectivity index (χ4v) is 2.01. The number of aromatic nitrogens is 1. The van der Waals surface area contributed by atoms with Crippen molar-refractivity contribution in [1.29, 1.82) is 0 Å². The summed E-state index contributed by atoms with van der Waals surface area (Å²) in [6.07, 6.45) is 5.13. The van der Waals surface area contributed by atoms with E-state index in [1.165, 1.54) is 26.4 Å². The van der Waals surface area contributed by atoms with Crippen molar-refractivity contribution in [1.82, 2.24) is 4.98 Å². The molecule has 3 N–H and O–H groups in total. The van der Waals surface area contributed by atoms with Crippen molar-refractivity contribution in [2.75, 3.05) is 24.7 Å². The maximum absolute atomic E-state index is 11.4. The molecular formula is C13H19N3O2. The van der Waals surface area contributed by atoms with Gasteiger partial charge in [0, 0.05) is 6.54 Å². The number of hydrogen-bond donors (Lipinski definition) is 2. The maximum atomic E-state index is 11.4. The molecule has 0 spiro atoms. The fourth-order valence-electron chi connectivity index (χ4n) is 2.01. The lowest BCUT2D eigenvalue weighted by Crippen LogP contribution is -2.17. The molecule has 0 aromatic carbocycles. The van der Waals surface area contributed by atoms with Crippen molar-refractivity contribution in [2.45, 2.75) is 25.7 Å². The molecule has 1 aliphatic rings. The first-order valence-electron chi connectivity index (χ1n) is 6.29. The molecule has 0 bridgehead atoms. The number of nitrogens with one attached hydrogen (secondary N) is 1. The summed E-state index contributed by atoms with van der Waals surface area (Å²) in [5.74, 6) is 0.955. The first-order chi connectivity index (χ1) is 8.70. The Morgan fingerprint density at radius 3 is 2.94 bits per heavy atom. The Morgan fingerprint density at radius 1 is 1.56 bits per heavy atom. The molecule has 18 heavy (non-hydrogen) atoms. The van der Waals surface area contributed by atoms with Crippen molar-refractivity contribution < 1.29 is 9.53 Å². The molecule has 5 heteroatoms. The molecule has 1 aromatic rings. The molecule has 1 fully saturated rings. The second-order valence-corrected chi connectivity index (χ2v) is 4.64. The Morgan fingerprint density at radius 2 is 2.33 bits per heavy atom. The normalized spacial score (nSPS) is 14.9. The average molecular weight is 249 g/mol. The molecule has 0 amide bonds. The number of nitrogen functional groups attached to an aromatic ring is 1. The lowest BCUT2D eigenvalue weighted by atomic mass is 9.83. The molecule has 1 heterocycles.